The van der Waals surface area contributed by atoms with Crippen LogP contribution in [0.3, 0.4) is 0 Å². The lowest BCUT2D eigenvalue weighted by molar-refractivity contribution is -0.133. The molecule has 1 aromatic rings. The number of aromatic nitrogens is 2. The van der Waals surface area contributed by atoms with Gasteiger partial charge in [0.2, 0.25) is 0 Å². The highest BCUT2D eigenvalue weighted by Crippen LogP contribution is 2.24. The molecule has 1 N–H and O–H groups in total. The lowest BCUT2D eigenvalue weighted by Gasteiger charge is -2.17. The van der Waals surface area contributed by atoms with Gasteiger partial charge < -0.3 is 9.67 Å². The maximum Gasteiger partial charge on any atom is 0.313 e. The molecule has 19 heavy (non-hydrogen) atoms. The minimum Gasteiger partial charge on any atom is -0.481 e. The topological polar surface area (TPSA) is 89.3 Å². The second-order valence-electron chi connectivity index (χ2n) is 4.38. The van der Waals surface area contributed by atoms with Crippen LogP contribution in [-0.2, 0) is 21.1 Å². The Balaban J connectivity index is 3.01. The minimum atomic E-state index is -3.10. The van der Waals surface area contributed by atoms with E-state index < -0.39 is 15.8 Å². The molecule has 1 rings (SSSR count). The molecule has 0 aliphatic rings. The van der Waals surface area contributed by atoms with Crippen LogP contribution >= 0.6 is 11.8 Å². The summed E-state index contributed by atoms with van der Waals surface area (Å²) in [5.74, 6) is -1.00. The smallest absolute Gasteiger partial charge is 0.313 e. The van der Waals surface area contributed by atoms with Crippen molar-refractivity contribution < 1.29 is 18.3 Å². The number of sulfone groups is 1. The first-order valence-corrected chi connectivity index (χ1v) is 8.87. The predicted molar refractivity (Wildman–Crippen MR) is 74.4 cm³/mol. The van der Waals surface area contributed by atoms with E-state index in [0.717, 1.165) is 17.5 Å². The van der Waals surface area contributed by atoms with Crippen molar-refractivity contribution in [3.8, 4) is 0 Å². The van der Waals surface area contributed by atoms with Crippen LogP contribution < -0.4 is 0 Å². The summed E-state index contributed by atoms with van der Waals surface area (Å²) in [5, 5.41) is 9.25. The summed E-state index contributed by atoms with van der Waals surface area (Å²) >= 11 is 1.10. The average molecular weight is 306 g/mol. The number of thioether (sulfide) groups is 1. The molecular formula is C11H18N2O4S2. The number of aryl methyl sites for hydroxylation is 1. The van der Waals surface area contributed by atoms with E-state index in [0.29, 0.717) is 11.6 Å². The second kappa shape index (κ2) is 6.42. The predicted octanol–water partition coefficient (Wildman–Crippen LogP) is 1.23. The molecule has 108 valence electrons. The van der Waals surface area contributed by atoms with E-state index in [1.54, 1.807) is 13.1 Å². The number of nitrogens with zero attached hydrogens (tertiary/aromatic N) is 2. The normalized spacial score (nSPS) is 13.4. The fraction of sp³-hybridized carbons (Fsp3) is 0.636. The van der Waals surface area contributed by atoms with Crippen molar-refractivity contribution in [2.45, 2.75) is 31.5 Å². The highest BCUT2D eigenvalue weighted by Gasteiger charge is 2.19. The fourth-order valence-electron chi connectivity index (χ4n) is 1.86. The van der Waals surface area contributed by atoms with Gasteiger partial charge in [-0.3, -0.25) is 4.79 Å². The molecular weight excluding hydrogens is 288 g/mol. The maximum absolute atomic E-state index is 11.4. The zero-order valence-electron chi connectivity index (χ0n) is 11.2. The molecule has 1 aromatic heterocycles. The molecule has 0 bridgehead atoms. The van der Waals surface area contributed by atoms with E-state index in [4.69, 9.17) is 5.11 Å². The van der Waals surface area contributed by atoms with Crippen LogP contribution in [0.25, 0.3) is 0 Å². The number of carboxylic acids is 1. The zero-order chi connectivity index (χ0) is 14.6. The quantitative estimate of drug-likeness (QED) is 0.762. The van der Waals surface area contributed by atoms with E-state index in [9.17, 15) is 13.2 Å². The van der Waals surface area contributed by atoms with Gasteiger partial charge in [0, 0.05) is 24.2 Å². The van der Waals surface area contributed by atoms with Gasteiger partial charge in [0.15, 0.2) is 5.16 Å². The van der Waals surface area contributed by atoms with Crippen LogP contribution in [0.15, 0.2) is 11.4 Å². The van der Waals surface area contributed by atoms with Gasteiger partial charge in [0.1, 0.15) is 9.84 Å². The molecule has 0 fully saturated rings. The first kappa shape index (κ1) is 16.0. The third kappa shape index (κ3) is 4.87. The molecule has 8 heteroatoms. The molecule has 1 heterocycles. The molecule has 1 atom stereocenters. The van der Waals surface area contributed by atoms with Gasteiger partial charge in [0.25, 0.3) is 0 Å². The molecule has 0 amide bonds. The summed E-state index contributed by atoms with van der Waals surface area (Å²) in [6.45, 7) is 3.75. The molecule has 6 nitrogen and oxygen atoms in total. The van der Waals surface area contributed by atoms with E-state index >= 15 is 0 Å². The summed E-state index contributed by atoms with van der Waals surface area (Å²) in [4.78, 5) is 14.8. The first-order valence-electron chi connectivity index (χ1n) is 5.83. The van der Waals surface area contributed by atoms with E-state index in [1.807, 2.05) is 11.5 Å². The van der Waals surface area contributed by atoms with Crippen LogP contribution in [0.1, 0.15) is 25.6 Å². The fourth-order valence-corrected chi connectivity index (χ4v) is 3.70. The SMILES string of the molecule is CCc1cnc(SCC(=O)O)n1C(C)CS(C)(=O)=O. The number of hydrogen-bond acceptors (Lipinski definition) is 5. The van der Waals surface area contributed by atoms with E-state index in [-0.39, 0.29) is 17.5 Å². The molecule has 0 saturated carbocycles. The molecule has 0 aliphatic carbocycles. The Bertz CT molecular complexity index is 551. The standard InChI is InChI=1S/C11H18N2O4S2/c1-4-9-5-12-11(18-6-10(14)15)13(9)8(2)7-19(3,16)17/h5,8H,4,6-7H2,1-3H3,(H,14,15). The summed E-state index contributed by atoms with van der Waals surface area (Å²) in [7, 11) is -3.10. The Kier molecular flexibility index (Phi) is 5.42. The van der Waals surface area contributed by atoms with Gasteiger partial charge in [-0.05, 0) is 13.3 Å². The Hall–Kier alpha value is -1.02. The Morgan fingerprint density at radius 2 is 2.21 bits per heavy atom. The molecule has 0 aliphatic heterocycles. The van der Waals surface area contributed by atoms with Gasteiger partial charge in [0.05, 0.1) is 11.5 Å². The molecule has 0 radical (unpaired) electrons. The summed E-state index contributed by atoms with van der Waals surface area (Å²) in [6, 6.07) is -0.260. The monoisotopic (exact) mass is 306 g/mol. The third-order valence-corrected chi connectivity index (χ3v) is 4.55. The summed E-state index contributed by atoms with van der Waals surface area (Å²) < 4.78 is 24.6. The van der Waals surface area contributed by atoms with Gasteiger partial charge in [-0.15, -0.1) is 0 Å². The second-order valence-corrected chi connectivity index (χ2v) is 7.51. The molecule has 1 unspecified atom stereocenters. The van der Waals surface area contributed by atoms with Gasteiger partial charge in [-0.1, -0.05) is 18.7 Å². The Morgan fingerprint density at radius 1 is 1.58 bits per heavy atom. The van der Waals surface area contributed by atoms with Gasteiger partial charge >= 0.3 is 5.97 Å². The number of carboxylic acid groups (broad SMARTS) is 1. The highest BCUT2D eigenvalue weighted by molar-refractivity contribution is 7.99. The Labute approximate surface area is 117 Å². The number of hydrogen-bond donors (Lipinski definition) is 1. The van der Waals surface area contributed by atoms with Crippen molar-refractivity contribution in [1.82, 2.24) is 9.55 Å². The van der Waals surface area contributed by atoms with Crippen LogP contribution in [0.5, 0.6) is 0 Å². The van der Waals surface area contributed by atoms with Crippen LogP contribution in [0.2, 0.25) is 0 Å². The van der Waals surface area contributed by atoms with E-state index in [2.05, 4.69) is 4.98 Å². The molecule has 0 saturated heterocycles. The number of carbonyl (C=O) groups is 1. The van der Waals surface area contributed by atoms with Crippen LogP contribution in [0.4, 0.5) is 0 Å². The number of imidazole rings is 1. The highest BCUT2D eigenvalue weighted by atomic mass is 32.2. The molecule has 0 spiro atoms. The van der Waals surface area contributed by atoms with Gasteiger partial charge in [-0.25, -0.2) is 13.4 Å². The average Bonchev–Trinajstić information content (AvgIpc) is 2.66. The first-order chi connectivity index (χ1) is 8.74. The Morgan fingerprint density at radius 3 is 2.68 bits per heavy atom. The maximum atomic E-state index is 11.4. The zero-order valence-corrected chi connectivity index (χ0v) is 12.8. The number of aliphatic carboxylic acids is 1. The van der Waals surface area contributed by atoms with Crippen LogP contribution in [-0.4, -0.2) is 46.8 Å². The van der Waals surface area contributed by atoms with Crippen molar-refractivity contribution in [2.75, 3.05) is 17.8 Å². The van der Waals surface area contributed by atoms with Crippen molar-refractivity contribution in [3.05, 3.63) is 11.9 Å². The summed E-state index contributed by atoms with van der Waals surface area (Å²) in [5.41, 5.74) is 0.907. The summed E-state index contributed by atoms with van der Waals surface area (Å²) in [6.07, 6.45) is 3.58. The minimum absolute atomic E-state index is 0.0109. The largest absolute Gasteiger partial charge is 0.481 e. The van der Waals surface area contributed by atoms with Crippen molar-refractivity contribution in [1.29, 1.82) is 0 Å². The lowest BCUT2D eigenvalue weighted by atomic mass is 10.3. The molecule has 0 aromatic carbocycles. The number of rotatable bonds is 7. The van der Waals surface area contributed by atoms with Crippen molar-refractivity contribution in [2.24, 2.45) is 0 Å². The van der Waals surface area contributed by atoms with Crippen molar-refractivity contribution in [3.63, 3.8) is 0 Å². The lowest BCUT2D eigenvalue weighted by Crippen LogP contribution is -2.19. The van der Waals surface area contributed by atoms with Crippen LogP contribution in [0, 0.1) is 0 Å². The van der Waals surface area contributed by atoms with Crippen molar-refractivity contribution >= 4 is 27.6 Å². The third-order valence-electron chi connectivity index (χ3n) is 2.51. The van der Waals surface area contributed by atoms with E-state index in [1.165, 1.54) is 6.26 Å². The van der Waals surface area contributed by atoms with Gasteiger partial charge in [-0.2, -0.15) is 0 Å².